The Bertz CT molecular complexity index is 609. The summed E-state index contributed by atoms with van der Waals surface area (Å²) in [6.07, 6.45) is 0.290. The van der Waals surface area contributed by atoms with Crippen LogP contribution in [0.3, 0.4) is 0 Å². The number of nitrogens with zero attached hydrogens (tertiary/aromatic N) is 1. The fourth-order valence-corrected chi connectivity index (χ4v) is 4.00. The van der Waals surface area contributed by atoms with Crippen LogP contribution in [0.1, 0.15) is 20.3 Å². The van der Waals surface area contributed by atoms with Crippen molar-refractivity contribution in [1.82, 2.24) is 9.62 Å². The number of hydrogen-bond acceptors (Lipinski definition) is 4. The Kier molecular flexibility index (Phi) is 5.55. The van der Waals surface area contributed by atoms with Crippen molar-refractivity contribution in [3.63, 3.8) is 0 Å². The molecular formula is C15H23FN2O3S. The highest BCUT2D eigenvalue weighted by Crippen LogP contribution is 2.22. The molecule has 22 heavy (non-hydrogen) atoms. The summed E-state index contributed by atoms with van der Waals surface area (Å²) in [4.78, 5) is 2.02. The first-order chi connectivity index (χ1) is 10.3. The summed E-state index contributed by atoms with van der Waals surface area (Å²) in [5.74, 6) is -0.0190. The molecule has 0 amide bonds. The van der Waals surface area contributed by atoms with Crippen LogP contribution in [-0.2, 0) is 10.0 Å². The summed E-state index contributed by atoms with van der Waals surface area (Å²) in [5.41, 5.74) is 0. The van der Waals surface area contributed by atoms with Gasteiger partial charge in [-0.3, -0.25) is 4.90 Å². The topological polar surface area (TPSA) is 69.6 Å². The van der Waals surface area contributed by atoms with E-state index in [9.17, 15) is 17.9 Å². The van der Waals surface area contributed by atoms with Gasteiger partial charge in [0.05, 0.1) is 11.0 Å². The van der Waals surface area contributed by atoms with Crippen molar-refractivity contribution in [2.75, 3.05) is 19.6 Å². The number of sulfonamides is 1. The molecule has 2 unspecified atom stereocenters. The van der Waals surface area contributed by atoms with Crippen molar-refractivity contribution in [2.24, 2.45) is 5.92 Å². The van der Waals surface area contributed by atoms with Crippen molar-refractivity contribution in [2.45, 2.75) is 37.3 Å². The van der Waals surface area contributed by atoms with Crippen molar-refractivity contribution in [3.8, 4) is 0 Å². The highest BCUT2D eigenvalue weighted by atomic mass is 32.2. The van der Waals surface area contributed by atoms with Crippen LogP contribution in [0.5, 0.6) is 0 Å². The van der Waals surface area contributed by atoms with E-state index in [4.69, 9.17) is 0 Å². The van der Waals surface area contributed by atoms with Gasteiger partial charge >= 0.3 is 0 Å². The van der Waals surface area contributed by atoms with Gasteiger partial charge in [-0.1, -0.05) is 13.0 Å². The van der Waals surface area contributed by atoms with E-state index in [1.807, 2.05) is 0 Å². The Morgan fingerprint density at radius 1 is 1.45 bits per heavy atom. The van der Waals surface area contributed by atoms with Gasteiger partial charge in [0, 0.05) is 25.7 Å². The van der Waals surface area contributed by atoms with E-state index in [2.05, 4.69) is 23.5 Å². The third-order valence-corrected chi connectivity index (χ3v) is 5.39. The Morgan fingerprint density at radius 3 is 2.77 bits per heavy atom. The van der Waals surface area contributed by atoms with E-state index >= 15 is 0 Å². The lowest BCUT2D eigenvalue weighted by molar-refractivity contribution is 0.111. The second-order valence-electron chi connectivity index (χ2n) is 6.11. The molecule has 1 aliphatic heterocycles. The number of nitrogens with one attached hydrogen (secondary N) is 1. The maximum Gasteiger partial charge on any atom is 0.240 e. The molecule has 5 nitrogen and oxygen atoms in total. The average Bonchev–Trinajstić information content (AvgIpc) is 2.75. The van der Waals surface area contributed by atoms with Crippen molar-refractivity contribution < 1.29 is 17.9 Å². The first-order valence-electron chi connectivity index (χ1n) is 7.45. The lowest BCUT2D eigenvalue weighted by Gasteiger charge is -2.24. The molecule has 0 aromatic heterocycles. The van der Waals surface area contributed by atoms with Crippen LogP contribution in [0.15, 0.2) is 29.2 Å². The normalized spacial score (nSPS) is 24.5. The van der Waals surface area contributed by atoms with Gasteiger partial charge in [-0.15, -0.1) is 0 Å². The van der Waals surface area contributed by atoms with Crippen LogP contribution < -0.4 is 4.72 Å². The van der Waals surface area contributed by atoms with E-state index < -0.39 is 21.9 Å². The Morgan fingerprint density at radius 2 is 2.18 bits per heavy atom. The van der Waals surface area contributed by atoms with Gasteiger partial charge < -0.3 is 5.11 Å². The quantitative estimate of drug-likeness (QED) is 0.822. The maximum absolute atomic E-state index is 13.1. The summed E-state index contributed by atoms with van der Waals surface area (Å²) < 4.78 is 39.5. The molecule has 124 valence electrons. The number of benzene rings is 1. The smallest absolute Gasteiger partial charge is 0.240 e. The highest BCUT2D eigenvalue weighted by molar-refractivity contribution is 7.89. The number of likely N-dealkylation sites (tertiary alicyclic amines) is 1. The number of aliphatic hydroxyl groups is 1. The molecule has 1 aromatic carbocycles. The summed E-state index contributed by atoms with van der Waals surface area (Å²) >= 11 is 0. The minimum absolute atomic E-state index is 0.0869. The SMILES string of the molecule is CC1CC(C)N(C[C@H](O)CNS(=O)(=O)c2cccc(F)c2)C1. The monoisotopic (exact) mass is 330 g/mol. The second-order valence-corrected chi connectivity index (χ2v) is 7.87. The average molecular weight is 330 g/mol. The largest absolute Gasteiger partial charge is 0.390 e. The molecule has 0 bridgehead atoms. The highest BCUT2D eigenvalue weighted by Gasteiger charge is 2.27. The predicted octanol–water partition coefficient (Wildman–Crippen LogP) is 1.20. The van der Waals surface area contributed by atoms with Crippen molar-refractivity contribution in [1.29, 1.82) is 0 Å². The molecule has 2 rings (SSSR count). The minimum atomic E-state index is -3.80. The van der Waals surface area contributed by atoms with E-state index in [0.717, 1.165) is 19.0 Å². The van der Waals surface area contributed by atoms with Crippen molar-refractivity contribution in [3.05, 3.63) is 30.1 Å². The van der Waals surface area contributed by atoms with Gasteiger partial charge in [-0.2, -0.15) is 0 Å². The van der Waals surface area contributed by atoms with Gasteiger partial charge in [-0.05, 0) is 37.5 Å². The van der Waals surface area contributed by atoms with Gasteiger partial charge in [0.1, 0.15) is 5.82 Å². The molecule has 7 heteroatoms. The van der Waals surface area contributed by atoms with Gasteiger partial charge in [-0.25, -0.2) is 17.5 Å². The molecular weight excluding hydrogens is 307 g/mol. The van der Waals surface area contributed by atoms with Crippen LogP contribution >= 0.6 is 0 Å². The lowest BCUT2D eigenvalue weighted by Crippen LogP contribution is -2.41. The fourth-order valence-electron chi connectivity index (χ4n) is 2.90. The summed E-state index contributed by atoms with van der Waals surface area (Å²) in [6, 6.07) is 5.20. The van der Waals surface area contributed by atoms with E-state index in [-0.39, 0.29) is 11.4 Å². The van der Waals surface area contributed by atoms with Crippen LogP contribution in [0.25, 0.3) is 0 Å². The lowest BCUT2D eigenvalue weighted by atomic mass is 10.1. The molecule has 0 radical (unpaired) electrons. The summed E-state index contributed by atoms with van der Waals surface area (Å²) in [6.45, 7) is 5.52. The zero-order chi connectivity index (χ0) is 16.3. The Hall–Kier alpha value is -1.02. The number of halogens is 1. The number of aliphatic hydroxyl groups excluding tert-OH is 1. The predicted molar refractivity (Wildman–Crippen MR) is 82.4 cm³/mol. The van der Waals surface area contributed by atoms with E-state index in [1.165, 1.54) is 18.2 Å². The third kappa shape index (κ3) is 4.49. The standard InChI is InChI=1S/C15H23FN2O3S/c1-11-6-12(2)18(9-11)10-14(19)8-17-22(20,21)15-5-3-4-13(16)7-15/h3-5,7,11-12,14,17,19H,6,8-10H2,1-2H3/t11?,12?,14-/m1/s1. The molecule has 0 saturated carbocycles. The molecule has 1 heterocycles. The van der Waals surface area contributed by atoms with Crippen LogP contribution in [-0.4, -0.2) is 50.2 Å². The number of hydrogen-bond donors (Lipinski definition) is 2. The molecule has 1 fully saturated rings. The van der Waals surface area contributed by atoms with E-state index in [0.29, 0.717) is 18.5 Å². The number of rotatable bonds is 6. The van der Waals surface area contributed by atoms with Gasteiger partial charge in [0.15, 0.2) is 0 Å². The first-order valence-corrected chi connectivity index (χ1v) is 8.93. The summed E-state index contributed by atoms with van der Waals surface area (Å²) in [7, 11) is -3.80. The Balaban J connectivity index is 1.89. The zero-order valence-corrected chi connectivity index (χ0v) is 13.7. The van der Waals surface area contributed by atoms with Crippen molar-refractivity contribution >= 4 is 10.0 Å². The van der Waals surface area contributed by atoms with Crippen LogP contribution in [0.2, 0.25) is 0 Å². The van der Waals surface area contributed by atoms with Crippen LogP contribution in [0, 0.1) is 11.7 Å². The first kappa shape index (κ1) is 17.3. The van der Waals surface area contributed by atoms with E-state index in [1.54, 1.807) is 0 Å². The Labute approximate surface area is 131 Å². The van der Waals surface area contributed by atoms with Gasteiger partial charge in [0.2, 0.25) is 10.0 Å². The second kappa shape index (κ2) is 7.04. The molecule has 0 aliphatic carbocycles. The molecule has 0 spiro atoms. The zero-order valence-electron chi connectivity index (χ0n) is 12.9. The fraction of sp³-hybridized carbons (Fsp3) is 0.600. The molecule has 1 aliphatic rings. The summed E-state index contributed by atoms with van der Waals surface area (Å²) in [5, 5.41) is 10.0. The molecule has 3 atom stereocenters. The van der Waals surface area contributed by atoms with Crippen LogP contribution in [0.4, 0.5) is 4.39 Å². The molecule has 1 saturated heterocycles. The number of β-amino-alcohol motifs (C(OH)–C–C–N with tert-alkyl or cyclic N) is 1. The third-order valence-electron chi connectivity index (χ3n) is 3.97. The molecule has 2 N–H and O–H groups in total. The molecule has 1 aromatic rings. The van der Waals surface area contributed by atoms with Gasteiger partial charge in [0.25, 0.3) is 0 Å². The minimum Gasteiger partial charge on any atom is -0.390 e. The maximum atomic E-state index is 13.1.